The molecule has 2 atom stereocenters. The van der Waals surface area contributed by atoms with Gasteiger partial charge in [0.05, 0.1) is 0 Å². The Kier molecular flexibility index (Phi) is 9.70. The smallest absolute Gasteiger partial charge is 0.412 e. The van der Waals surface area contributed by atoms with Gasteiger partial charge in [-0.3, -0.25) is 15.3 Å². The summed E-state index contributed by atoms with van der Waals surface area (Å²) in [5.41, 5.74) is 2.43. The molecule has 0 unspecified atom stereocenters. The number of nitrogens with one attached hydrogen (secondary N) is 2. The number of para-hydroxylation sites is 2. The highest BCUT2D eigenvalue weighted by Crippen LogP contribution is 2.35. The van der Waals surface area contributed by atoms with E-state index in [9.17, 15) is 14.7 Å². The lowest BCUT2D eigenvalue weighted by atomic mass is 9.99. The minimum atomic E-state index is -1.00. The molecule has 9 heteroatoms. The Morgan fingerprint density at radius 1 is 1.00 bits per heavy atom. The molecule has 0 aliphatic heterocycles. The van der Waals surface area contributed by atoms with Crippen molar-refractivity contribution >= 4 is 33.6 Å². The van der Waals surface area contributed by atoms with Crippen molar-refractivity contribution in [2.45, 2.75) is 25.0 Å². The summed E-state index contributed by atoms with van der Waals surface area (Å²) in [5, 5.41) is 22.0. The minimum Gasteiger partial charge on any atom is -0.508 e. The molecule has 8 nitrogen and oxygen atoms in total. The number of phenolic OH excluding ortho intramolecular Hbond substituents is 1. The van der Waals surface area contributed by atoms with E-state index >= 15 is 0 Å². The molecule has 0 radical (unpaired) electrons. The fourth-order valence-corrected chi connectivity index (χ4v) is 3.69. The number of carbonyl (C=O) groups is 2. The number of benzene rings is 3. The number of amides is 2. The fraction of sp³-hybridized carbons (Fsp3) is 0.154. The first-order valence-corrected chi connectivity index (χ1v) is 11.6. The van der Waals surface area contributed by atoms with Gasteiger partial charge < -0.3 is 14.6 Å². The Morgan fingerprint density at radius 3 is 2.37 bits per heavy atom. The van der Waals surface area contributed by atoms with Gasteiger partial charge in [0.2, 0.25) is 0 Å². The summed E-state index contributed by atoms with van der Waals surface area (Å²) in [6.45, 7) is 0. The molecule has 0 aromatic heterocycles. The second-order valence-corrected chi connectivity index (χ2v) is 8.36. The van der Waals surface area contributed by atoms with Crippen LogP contribution in [0.25, 0.3) is 0 Å². The molecule has 0 fully saturated rings. The van der Waals surface area contributed by atoms with Crippen LogP contribution in [0.15, 0.2) is 95.5 Å². The number of aromatic hydroxyl groups is 1. The van der Waals surface area contributed by atoms with E-state index in [-0.39, 0.29) is 5.75 Å². The van der Waals surface area contributed by atoms with E-state index < -0.39 is 24.2 Å². The minimum absolute atomic E-state index is 0.0671. The Bertz CT molecular complexity index is 1140. The van der Waals surface area contributed by atoms with E-state index in [2.05, 4.69) is 21.2 Å². The van der Waals surface area contributed by atoms with Gasteiger partial charge in [-0.15, -0.1) is 0 Å². The first-order valence-electron chi connectivity index (χ1n) is 10.8. The quantitative estimate of drug-likeness (QED) is 0.148. The number of hydrogen-bond donors (Lipinski definition) is 4. The van der Waals surface area contributed by atoms with Gasteiger partial charge in [-0.05, 0) is 55.3 Å². The molecule has 0 saturated carbocycles. The molecule has 0 aliphatic carbocycles. The van der Waals surface area contributed by atoms with Gasteiger partial charge in [0, 0.05) is 21.8 Å². The number of carbonyl (C=O) groups excluding carboxylic acids is 2. The van der Waals surface area contributed by atoms with Crippen LogP contribution in [0, 0.1) is 0 Å². The molecule has 2 amide bonds. The SMILES string of the molecule is O=C(/C=C/CC[C@H](Oc1ccccc1)[C@@H](OC(=O)Nc1ccccc1)c1cc(Br)ccc1O)NO. The standard InChI is InChI=1S/C26H25BrN2O6/c27-18-15-16-22(30)21(17-18)25(35-26(32)28-19-9-3-1-4-10-19)23(13-7-8-14-24(31)29-33)34-20-11-5-2-6-12-20/h1-6,8-12,14-17,23,25,30,33H,7,13H2,(H,28,32)(H,29,31)/b14-8+/t23-,25-/m0/s1. The van der Waals surface area contributed by atoms with Crippen molar-refractivity contribution in [3.8, 4) is 11.5 Å². The summed E-state index contributed by atoms with van der Waals surface area (Å²) < 4.78 is 12.7. The van der Waals surface area contributed by atoms with Gasteiger partial charge in [0.15, 0.2) is 6.10 Å². The summed E-state index contributed by atoms with van der Waals surface area (Å²) >= 11 is 3.40. The van der Waals surface area contributed by atoms with Crippen LogP contribution in [0.2, 0.25) is 0 Å². The van der Waals surface area contributed by atoms with E-state index in [0.717, 1.165) is 0 Å². The second-order valence-electron chi connectivity index (χ2n) is 7.45. The molecule has 3 rings (SSSR count). The molecule has 3 aromatic carbocycles. The van der Waals surface area contributed by atoms with Crippen molar-refractivity contribution in [1.29, 1.82) is 0 Å². The average molecular weight is 541 g/mol. The number of hydroxylamine groups is 1. The Morgan fingerprint density at radius 2 is 1.69 bits per heavy atom. The Balaban J connectivity index is 1.91. The summed E-state index contributed by atoms with van der Waals surface area (Å²) in [4.78, 5) is 24.1. The third kappa shape index (κ3) is 8.16. The number of rotatable bonds is 10. The molecule has 182 valence electrons. The number of halogens is 1. The molecule has 0 bridgehead atoms. The van der Waals surface area contributed by atoms with Crippen LogP contribution < -0.4 is 15.5 Å². The maximum Gasteiger partial charge on any atom is 0.412 e. The van der Waals surface area contributed by atoms with Crippen molar-refractivity contribution < 1.29 is 29.4 Å². The third-order valence-corrected chi connectivity index (χ3v) is 5.41. The topological polar surface area (TPSA) is 117 Å². The molecule has 0 aliphatic rings. The highest BCUT2D eigenvalue weighted by molar-refractivity contribution is 9.10. The molecular formula is C26H25BrN2O6. The average Bonchev–Trinajstić information content (AvgIpc) is 2.87. The van der Waals surface area contributed by atoms with Gasteiger partial charge in [-0.1, -0.05) is 58.4 Å². The van der Waals surface area contributed by atoms with E-state index in [0.29, 0.717) is 34.3 Å². The van der Waals surface area contributed by atoms with Crippen LogP contribution >= 0.6 is 15.9 Å². The normalized spacial score (nSPS) is 12.5. The van der Waals surface area contributed by atoms with Crippen molar-refractivity contribution in [1.82, 2.24) is 5.48 Å². The summed E-state index contributed by atoms with van der Waals surface area (Å²) in [6, 6.07) is 22.7. The third-order valence-electron chi connectivity index (χ3n) is 4.92. The predicted molar refractivity (Wildman–Crippen MR) is 134 cm³/mol. The number of anilines is 1. The Labute approximate surface area is 211 Å². The van der Waals surface area contributed by atoms with E-state index in [1.54, 1.807) is 54.6 Å². The summed E-state index contributed by atoms with van der Waals surface area (Å²) in [5.74, 6) is -0.186. The van der Waals surface area contributed by atoms with Crippen LogP contribution in [0.4, 0.5) is 10.5 Å². The molecule has 4 N–H and O–H groups in total. The zero-order valence-electron chi connectivity index (χ0n) is 18.6. The van der Waals surface area contributed by atoms with Gasteiger partial charge in [-0.25, -0.2) is 10.3 Å². The van der Waals surface area contributed by atoms with Crippen LogP contribution in [0.1, 0.15) is 24.5 Å². The summed E-state index contributed by atoms with van der Waals surface area (Å²) in [7, 11) is 0. The lowest BCUT2D eigenvalue weighted by Crippen LogP contribution is -2.31. The zero-order chi connectivity index (χ0) is 25.0. The van der Waals surface area contributed by atoms with Crippen LogP contribution in [0.3, 0.4) is 0 Å². The summed E-state index contributed by atoms with van der Waals surface area (Å²) in [6.07, 6.45) is 0.970. The van der Waals surface area contributed by atoms with E-state index in [4.69, 9.17) is 14.7 Å². The number of phenols is 1. The lowest BCUT2D eigenvalue weighted by molar-refractivity contribution is -0.124. The molecule has 0 spiro atoms. The molecule has 35 heavy (non-hydrogen) atoms. The second kappa shape index (κ2) is 13.2. The first-order chi connectivity index (χ1) is 17.0. The van der Waals surface area contributed by atoms with Gasteiger partial charge in [0.25, 0.3) is 5.91 Å². The molecule has 0 heterocycles. The highest BCUT2D eigenvalue weighted by atomic mass is 79.9. The largest absolute Gasteiger partial charge is 0.508 e. The van der Waals surface area contributed by atoms with E-state index in [1.807, 2.05) is 24.3 Å². The van der Waals surface area contributed by atoms with Gasteiger partial charge in [0.1, 0.15) is 17.6 Å². The number of hydrogen-bond acceptors (Lipinski definition) is 6. The van der Waals surface area contributed by atoms with Gasteiger partial charge in [-0.2, -0.15) is 0 Å². The van der Waals surface area contributed by atoms with Crippen molar-refractivity contribution in [2.75, 3.05) is 5.32 Å². The van der Waals surface area contributed by atoms with Crippen molar-refractivity contribution in [3.63, 3.8) is 0 Å². The van der Waals surface area contributed by atoms with Crippen LogP contribution in [-0.2, 0) is 9.53 Å². The lowest BCUT2D eigenvalue weighted by Gasteiger charge is -2.28. The number of ether oxygens (including phenoxy) is 2. The zero-order valence-corrected chi connectivity index (χ0v) is 20.2. The maximum absolute atomic E-state index is 12.8. The Hall–Kier alpha value is -3.82. The van der Waals surface area contributed by atoms with Crippen molar-refractivity contribution in [2.24, 2.45) is 0 Å². The predicted octanol–water partition coefficient (Wildman–Crippen LogP) is 5.73. The highest BCUT2D eigenvalue weighted by Gasteiger charge is 2.31. The van der Waals surface area contributed by atoms with Gasteiger partial charge >= 0.3 is 6.09 Å². The maximum atomic E-state index is 12.8. The molecular weight excluding hydrogens is 516 g/mol. The monoisotopic (exact) mass is 540 g/mol. The van der Waals surface area contributed by atoms with Crippen LogP contribution in [0.5, 0.6) is 11.5 Å². The first kappa shape index (κ1) is 25.8. The molecule has 0 saturated heterocycles. The van der Waals surface area contributed by atoms with E-state index in [1.165, 1.54) is 17.6 Å². The number of allylic oxidation sites excluding steroid dienone is 1. The molecule has 3 aromatic rings. The van der Waals surface area contributed by atoms with Crippen LogP contribution in [-0.4, -0.2) is 28.4 Å². The fourth-order valence-electron chi connectivity index (χ4n) is 3.31. The van der Waals surface area contributed by atoms with Crippen molar-refractivity contribution in [3.05, 3.63) is 101 Å².